The first-order valence-corrected chi connectivity index (χ1v) is 8.80. The number of carbonyl (C=O) groups excluding carboxylic acids is 2. The Balaban J connectivity index is 1.70. The third-order valence-electron chi connectivity index (χ3n) is 4.96. The summed E-state index contributed by atoms with van der Waals surface area (Å²) >= 11 is 1.43. The summed E-state index contributed by atoms with van der Waals surface area (Å²) in [5, 5.41) is 21.1. The Kier molecular flexibility index (Phi) is 4.28. The Bertz CT molecular complexity index is 733. The monoisotopic (exact) mass is 364 g/mol. The molecular weight excluding hydrogens is 344 g/mol. The van der Waals surface area contributed by atoms with E-state index in [4.69, 9.17) is 5.73 Å². The lowest BCUT2D eigenvalue weighted by Crippen LogP contribution is -2.64. The number of carbonyl (C=O) groups is 3. The number of phenolic OH excluding ortho intramolecular Hbond substituents is 1. The molecule has 2 fully saturated rings. The number of phenols is 1. The lowest BCUT2D eigenvalue weighted by Gasteiger charge is -2.39. The van der Waals surface area contributed by atoms with E-state index in [0.29, 0.717) is 5.56 Å². The molecule has 1 heterocycles. The van der Waals surface area contributed by atoms with E-state index in [1.165, 1.54) is 23.9 Å². The van der Waals surface area contributed by atoms with Crippen molar-refractivity contribution < 1.29 is 24.6 Å². The number of ketones is 1. The molecule has 1 aromatic carbocycles. The molecule has 8 heteroatoms. The second-order valence-corrected chi connectivity index (χ2v) is 8.82. The molecule has 1 saturated heterocycles. The zero-order valence-corrected chi connectivity index (χ0v) is 14.6. The normalized spacial score (nSPS) is 30.9. The van der Waals surface area contributed by atoms with Gasteiger partial charge in [0, 0.05) is 15.9 Å². The third-order valence-corrected chi connectivity index (χ3v) is 6.66. The van der Waals surface area contributed by atoms with E-state index < -0.39 is 40.5 Å². The van der Waals surface area contributed by atoms with Crippen molar-refractivity contribution in [3.63, 3.8) is 0 Å². The van der Waals surface area contributed by atoms with Gasteiger partial charge in [-0.05, 0) is 31.5 Å². The number of rotatable bonds is 4. The Hall–Kier alpha value is -2.06. The van der Waals surface area contributed by atoms with Crippen molar-refractivity contribution in [2.75, 3.05) is 0 Å². The highest BCUT2D eigenvalue weighted by Gasteiger charge is 2.66. The average Bonchev–Trinajstić information content (AvgIpc) is 2.80. The highest BCUT2D eigenvalue weighted by atomic mass is 32.2. The molecule has 1 amide bonds. The number of benzene rings is 1. The minimum atomic E-state index is -0.982. The van der Waals surface area contributed by atoms with Crippen molar-refractivity contribution in [2.45, 2.75) is 35.9 Å². The second kappa shape index (κ2) is 6.03. The summed E-state index contributed by atoms with van der Waals surface area (Å²) in [7, 11) is 0. The number of fused-ring (bicyclic) bond motifs is 1. The van der Waals surface area contributed by atoms with Gasteiger partial charge in [-0.2, -0.15) is 0 Å². The number of carboxylic acids is 1. The summed E-state index contributed by atoms with van der Waals surface area (Å²) in [6.45, 7) is 3.62. The van der Waals surface area contributed by atoms with Crippen molar-refractivity contribution in [3.8, 4) is 5.75 Å². The van der Waals surface area contributed by atoms with E-state index >= 15 is 0 Å². The molecular formula is C17H20N2O5S. The number of nitrogens with one attached hydrogen (secondary N) is 1. The number of carboxylic acid groups (broad SMARTS) is 1. The van der Waals surface area contributed by atoms with Crippen LogP contribution in [0.5, 0.6) is 5.75 Å². The smallest absolute Gasteiger partial charge is 0.308 e. The van der Waals surface area contributed by atoms with Crippen LogP contribution in [0, 0.1) is 11.8 Å². The van der Waals surface area contributed by atoms with Gasteiger partial charge >= 0.3 is 5.97 Å². The van der Waals surface area contributed by atoms with E-state index in [1.54, 1.807) is 12.1 Å². The first-order chi connectivity index (χ1) is 11.6. The molecule has 1 aliphatic carbocycles. The van der Waals surface area contributed by atoms with Gasteiger partial charge in [0.05, 0.1) is 5.92 Å². The van der Waals surface area contributed by atoms with Crippen LogP contribution in [-0.2, 0) is 14.4 Å². The molecule has 25 heavy (non-hydrogen) atoms. The Morgan fingerprint density at radius 2 is 1.88 bits per heavy atom. The van der Waals surface area contributed by atoms with Crippen LogP contribution < -0.4 is 11.1 Å². The Labute approximate surface area is 149 Å². The quantitative estimate of drug-likeness (QED) is 0.618. The van der Waals surface area contributed by atoms with E-state index in [1.807, 2.05) is 13.8 Å². The molecule has 5 atom stereocenters. The molecule has 0 unspecified atom stereocenters. The molecule has 0 radical (unpaired) electrons. The maximum atomic E-state index is 12.4. The first-order valence-electron chi connectivity index (χ1n) is 7.92. The molecule has 2 aliphatic rings. The van der Waals surface area contributed by atoms with E-state index in [0.717, 1.165) is 0 Å². The summed E-state index contributed by atoms with van der Waals surface area (Å²) in [5.74, 6) is -3.00. The van der Waals surface area contributed by atoms with Crippen LogP contribution in [-0.4, -0.2) is 43.9 Å². The minimum Gasteiger partial charge on any atom is -0.508 e. The van der Waals surface area contributed by atoms with Gasteiger partial charge in [0.2, 0.25) is 5.91 Å². The van der Waals surface area contributed by atoms with Crippen molar-refractivity contribution in [3.05, 3.63) is 29.8 Å². The van der Waals surface area contributed by atoms with Gasteiger partial charge in [0.25, 0.3) is 0 Å². The molecule has 0 spiro atoms. The molecule has 134 valence electrons. The number of hydrogen-bond acceptors (Lipinski definition) is 6. The predicted octanol–water partition coefficient (Wildman–Crippen LogP) is 0.670. The largest absolute Gasteiger partial charge is 0.508 e. The number of nitrogens with two attached hydrogens (primary N) is 1. The second-order valence-electron chi connectivity index (χ2n) is 6.99. The van der Waals surface area contributed by atoms with Gasteiger partial charge in [-0.25, -0.2) is 0 Å². The summed E-state index contributed by atoms with van der Waals surface area (Å²) in [4.78, 5) is 36.3. The van der Waals surface area contributed by atoms with E-state index in [2.05, 4.69) is 5.32 Å². The molecule has 0 aromatic heterocycles. The van der Waals surface area contributed by atoms with Gasteiger partial charge in [-0.15, -0.1) is 11.8 Å². The molecule has 0 bridgehead atoms. The number of aliphatic carboxylic acids is 1. The number of thioether (sulfide) groups is 1. The lowest BCUT2D eigenvalue weighted by atomic mass is 9.67. The molecule has 3 rings (SSSR count). The topological polar surface area (TPSA) is 130 Å². The number of hydrogen-bond donors (Lipinski definition) is 4. The highest BCUT2D eigenvalue weighted by molar-refractivity contribution is 8.01. The predicted molar refractivity (Wildman–Crippen MR) is 92.0 cm³/mol. The summed E-state index contributed by atoms with van der Waals surface area (Å²) in [6.07, 6.45) is 0. The lowest BCUT2D eigenvalue weighted by molar-refractivity contribution is -0.151. The fourth-order valence-electron chi connectivity index (χ4n) is 3.65. The third kappa shape index (κ3) is 2.89. The number of Topliss-reactive ketones (excluding diaryl/α,β-unsaturated/α-hetero) is 1. The zero-order chi connectivity index (χ0) is 18.5. The SMILES string of the molecule is CC1(C)S[C@@H]2[C@@H](C(=O)[C@@H]2NC(=O)[C@@H](N)c2ccc(O)cc2)[C@@H]1C(=O)O. The number of amides is 1. The maximum Gasteiger partial charge on any atom is 0.308 e. The van der Waals surface area contributed by atoms with Crippen molar-refractivity contribution in [1.82, 2.24) is 5.32 Å². The van der Waals surface area contributed by atoms with E-state index in [-0.39, 0.29) is 16.8 Å². The van der Waals surface area contributed by atoms with Crippen LogP contribution in [0.1, 0.15) is 25.5 Å². The summed E-state index contributed by atoms with van der Waals surface area (Å²) in [5.41, 5.74) is 6.44. The zero-order valence-electron chi connectivity index (χ0n) is 13.8. The van der Waals surface area contributed by atoms with Gasteiger partial charge in [0.1, 0.15) is 17.8 Å². The maximum absolute atomic E-state index is 12.4. The van der Waals surface area contributed by atoms with Gasteiger partial charge in [-0.3, -0.25) is 14.4 Å². The minimum absolute atomic E-state index is 0.0673. The summed E-state index contributed by atoms with van der Waals surface area (Å²) in [6, 6.07) is 4.26. The van der Waals surface area contributed by atoms with Crippen LogP contribution in [0.2, 0.25) is 0 Å². The molecule has 5 N–H and O–H groups in total. The fourth-order valence-corrected chi connectivity index (χ4v) is 5.52. The highest BCUT2D eigenvalue weighted by Crippen LogP contribution is 2.57. The number of aromatic hydroxyl groups is 1. The Morgan fingerprint density at radius 3 is 2.44 bits per heavy atom. The average molecular weight is 364 g/mol. The van der Waals surface area contributed by atoms with Crippen LogP contribution in [0.4, 0.5) is 0 Å². The van der Waals surface area contributed by atoms with Crippen LogP contribution in [0.3, 0.4) is 0 Å². The Morgan fingerprint density at radius 1 is 1.28 bits per heavy atom. The van der Waals surface area contributed by atoms with Crippen molar-refractivity contribution in [2.24, 2.45) is 17.6 Å². The van der Waals surface area contributed by atoms with Gasteiger partial charge in [-0.1, -0.05) is 12.1 Å². The molecule has 7 nitrogen and oxygen atoms in total. The van der Waals surface area contributed by atoms with Gasteiger partial charge < -0.3 is 21.3 Å². The molecule has 1 saturated carbocycles. The summed E-state index contributed by atoms with van der Waals surface area (Å²) < 4.78 is -0.574. The van der Waals surface area contributed by atoms with Crippen LogP contribution >= 0.6 is 11.8 Å². The van der Waals surface area contributed by atoms with Crippen LogP contribution in [0.15, 0.2) is 24.3 Å². The van der Waals surface area contributed by atoms with Crippen molar-refractivity contribution >= 4 is 29.4 Å². The van der Waals surface area contributed by atoms with E-state index in [9.17, 15) is 24.6 Å². The first kappa shape index (κ1) is 17.8. The molecule has 1 aromatic rings. The standard InChI is InChI=1S/C17H20N2O5S/c1-17(2)10(16(23)24)9-13(21)12(14(9)25-17)19-15(22)11(18)7-3-5-8(20)6-4-7/h3-6,9-12,14,20H,18H2,1-2H3,(H,19,22)(H,23,24)/t9-,10-,11+,12+,14-/m1/s1. The fraction of sp³-hybridized carbons (Fsp3) is 0.471. The molecule has 1 aliphatic heterocycles. The van der Waals surface area contributed by atoms with Crippen LogP contribution in [0.25, 0.3) is 0 Å². The van der Waals surface area contributed by atoms with Crippen molar-refractivity contribution in [1.29, 1.82) is 0 Å². The van der Waals surface area contributed by atoms with Gasteiger partial charge in [0.15, 0.2) is 5.78 Å².